The monoisotopic (exact) mass is 352 g/mol. The number of benzene rings is 2. The molecular formula is C20H20N2O2S. The normalized spacial score (nSPS) is 10.7. The third-order valence-electron chi connectivity index (χ3n) is 4.05. The first kappa shape index (κ1) is 17.3. The maximum atomic E-state index is 13.0. The van der Waals surface area contributed by atoms with Crippen molar-refractivity contribution >= 4 is 17.7 Å². The summed E-state index contributed by atoms with van der Waals surface area (Å²) in [4.78, 5) is 15.9. The number of carbonyl (C=O) groups excluding carboxylic acids is 1. The molecule has 0 fully saturated rings. The minimum Gasteiger partial charge on any atom is -0.360 e. The minimum absolute atomic E-state index is 0.0912. The van der Waals surface area contributed by atoms with E-state index in [1.807, 2.05) is 48.7 Å². The highest BCUT2D eigenvalue weighted by Crippen LogP contribution is 2.26. The molecule has 3 aromatic rings. The van der Waals surface area contributed by atoms with Gasteiger partial charge >= 0.3 is 0 Å². The Hall–Kier alpha value is -2.53. The van der Waals surface area contributed by atoms with E-state index in [2.05, 4.69) is 17.3 Å². The van der Waals surface area contributed by atoms with Crippen molar-refractivity contribution in [3.8, 4) is 11.3 Å². The van der Waals surface area contributed by atoms with Crippen LogP contribution in [0.1, 0.15) is 21.7 Å². The molecule has 0 aliphatic heterocycles. The quantitative estimate of drug-likeness (QED) is 0.627. The number of rotatable bonds is 5. The molecule has 0 N–H and O–H groups in total. The van der Waals surface area contributed by atoms with Crippen molar-refractivity contribution in [1.82, 2.24) is 10.1 Å². The summed E-state index contributed by atoms with van der Waals surface area (Å²) in [5.41, 5.74) is 3.08. The lowest BCUT2D eigenvalue weighted by Crippen LogP contribution is -2.26. The average molecular weight is 352 g/mol. The molecule has 0 aliphatic rings. The van der Waals surface area contributed by atoms with Crippen LogP contribution in [0.3, 0.4) is 0 Å². The van der Waals surface area contributed by atoms with Crippen molar-refractivity contribution in [2.24, 2.45) is 0 Å². The van der Waals surface area contributed by atoms with E-state index in [1.165, 1.54) is 4.90 Å². The van der Waals surface area contributed by atoms with E-state index >= 15 is 0 Å². The van der Waals surface area contributed by atoms with E-state index in [4.69, 9.17) is 4.52 Å². The van der Waals surface area contributed by atoms with E-state index in [0.717, 1.165) is 11.1 Å². The number of aromatic nitrogens is 1. The van der Waals surface area contributed by atoms with Crippen LogP contribution >= 0.6 is 11.8 Å². The fourth-order valence-corrected chi connectivity index (χ4v) is 3.09. The molecular weight excluding hydrogens is 332 g/mol. The van der Waals surface area contributed by atoms with Crippen LogP contribution in [0.2, 0.25) is 0 Å². The predicted molar refractivity (Wildman–Crippen MR) is 101 cm³/mol. The molecule has 0 spiro atoms. The van der Waals surface area contributed by atoms with Crippen LogP contribution in [0.4, 0.5) is 0 Å². The highest BCUT2D eigenvalue weighted by Gasteiger charge is 2.24. The summed E-state index contributed by atoms with van der Waals surface area (Å²) in [6.07, 6.45) is 2.05. The molecule has 25 heavy (non-hydrogen) atoms. The smallest absolute Gasteiger partial charge is 0.259 e. The Kier molecular flexibility index (Phi) is 5.24. The molecule has 0 atom stereocenters. The molecule has 0 aliphatic carbocycles. The van der Waals surface area contributed by atoms with Gasteiger partial charge in [-0.15, -0.1) is 11.8 Å². The number of hydrogen-bond donors (Lipinski definition) is 0. The summed E-state index contributed by atoms with van der Waals surface area (Å²) in [5, 5.41) is 4.09. The second-order valence-electron chi connectivity index (χ2n) is 5.84. The van der Waals surface area contributed by atoms with Gasteiger partial charge in [0.1, 0.15) is 17.0 Å². The third-order valence-corrected chi connectivity index (χ3v) is 4.79. The first-order valence-corrected chi connectivity index (χ1v) is 9.22. The number of nitrogens with zero attached hydrogens (tertiary/aromatic N) is 2. The molecule has 4 nitrogen and oxygen atoms in total. The molecule has 0 saturated heterocycles. The van der Waals surface area contributed by atoms with Crippen molar-refractivity contribution in [2.45, 2.75) is 18.4 Å². The van der Waals surface area contributed by atoms with E-state index in [-0.39, 0.29) is 5.91 Å². The Morgan fingerprint density at radius 2 is 1.80 bits per heavy atom. The molecule has 128 valence electrons. The van der Waals surface area contributed by atoms with Gasteiger partial charge in [-0.2, -0.15) is 0 Å². The van der Waals surface area contributed by atoms with Crippen LogP contribution in [0, 0.1) is 6.92 Å². The van der Waals surface area contributed by atoms with E-state index in [9.17, 15) is 4.79 Å². The van der Waals surface area contributed by atoms with Gasteiger partial charge in [-0.3, -0.25) is 4.79 Å². The van der Waals surface area contributed by atoms with Crippen molar-refractivity contribution < 1.29 is 9.32 Å². The summed E-state index contributed by atoms with van der Waals surface area (Å²) < 4.78 is 5.30. The zero-order valence-electron chi connectivity index (χ0n) is 14.5. The number of amides is 1. The number of aryl methyl sites for hydroxylation is 1. The average Bonchev–Trinajstić information content (AvgIpc) is 3.04. The minimum atomic E-state index is -0.0912. The fourth-order valence-electron chi connectivity index (χ4n) is 2.68. The molecule has 1 amide bonds. The second kappa shape index (κ2) is 7.57. The Labute approximate surface area is 151 Å². The largest absolute Gasteiger partial charge is 0.360 e. The lowest BCUT2D eigenvalue weighted by atomic mass is 10.1. The van der Waals surface area contributed by atoms with Gasteiger partial charge in [-0.05, 0) is 30.9 Å². The van der Waals surface area contributed by atoms with Crippen LogP contribution in [0.25, 0.3) is 11.3 Å². The lowest BCUT2D eigenvalue weighted by molar-refractivity contribution is 0.0784. The summed E-state index contributed by atoms with van der Waals surface area (Å²) in [6, 6.07) is 17.9. The summed E-state index contributed by atoms with van der Waals surface area (Å²) in [6.45, 7) is 2.31. The SMILES string of the molecule is CSc1ccc(CN(C)C(=O)c2c(-c3ccccc3)noc2C)cc1. The standard InChI is InChI=1S/C20H20N2O2S/c1-14-18(19(21-24-14)16-7-5-4-6-8-16)20(23)22(2)13-15-9-11-17(25-3)12-10-15/h4-12H,13H2,1-3H3. The summed E-state index contributed by atoms with van der Waals surface area (Å²) >= 11 is 1.70. The third kappa shape index (κ3) is 3.77. The van der Waals surface area contributed by atoms with E-state index < -0.39 is 0 Å². The van der Waals surface area contributed by atoms with Crippen LogP contribution in [0.5, 0.6) is 0 Å². The van der Waals surface area contributed by atoms with Crippen LogP contribution in [0.15, 0.2) is 64.0 Å². The lowest BCUT2D eigenvalue weighted by Gasteiger charge is -2.17. The molecule has 2 aromatic carbocycles. The molecule has 0 bridgehead atoms. The number of hydrogen-bond acceptors (Lipinski definition) is 4. The van der Waals surface area contributed by atoms with Gasteiger partial charge in [0.15, 0.2) is 0 Å². The van der Waals surface area contributed by atoms with Gasteiger partial charge in [0.05, 0.1) is 0 Å². The van der Waals surface area contributed by atoms with Gasteiger partial charge in [0.2, 0.25) is 0 Å². The molecule has 0 unspecified atom stereocenters. The maximum Gasteiger partial charge on any atom is 0.259 e. The molecule has 1 aromatic heterocycles. The second-order valence-corrected chi connectivity index (χ2v) is 6.72. The van der Waals surface area contributed by atoms with Crippen LogP contribution in [-0.4, -0.2) is 29.3 Å². The van der Waals surface area contributed by atoms with Gasteiger partial charge in [-0.25, -0.2) is 0 Å². The molecule has 1 heterocycles. The summed E-state index contributed by atoms with van der Waals surface area (Å²) in [7, 11) is 1.80. The van der Waals surface area contributed by atoms with Gasteiger partial charge in [-0.1, -0.05) is 47.6 Å². The van der Waals surface area contributed by atoms with Gasteiger partial charge in [0.25, 0.3) is 5.91 Å². The fraction of sp³-hybridized carbons (Fsp3) is 0.200. The van der Waals surface area contributed by atoms with Crippen LogP contribution in [-0.2, 0) is 6.54 Å². The zero-order chi connectivity index (χ0) is 17.8. The highest BCUT2D eigenvalue weighted by atomic mass is 32.2. The maximum absolute atomic E-state index is 13.0. The molecule has 0 radical (unpaired) electrons. The predicted octanol–water partition coefficient (Wildman–Crippen LogP) is 4.64. The topological polar surface area (TPSA) is 46.3 Å². The summed E-state index contributed by atoms with van der Waals surface area (Å²) in [5.74, 6) is 0.444. The van der Waals surface area contributed by atoms with Crippen molar-refractivity contribution in [3.63, 3.8) is 0 Å². The van der Waals surface area contributed by atoms with E-state index in [1.54, 1.807) is 30.6 Å². The Bertz CT molecular complexity index is 857. The van der Waals surface area contributed by atoms with Gasteiger partial charge < -0.3 is 9.42 Å². The zero-order valence-corrected chi connectivity index (χ0v) is 15.3. The van der Waals surface area contributed by atoms with Crippen molar-refractivity contribution in [3.05, 3.63) is 71.5 Å². The van der Waals surface area contributed by atoms with Crippen molar-refractivity contribution in [2.75, 3.05) is 13.3 Å². The van der Waals surface area contributed by atoms with E-state index in [0.29, 0.717) is 23.6 Å². The van der Waals surface area contributed by atoms with Crippen molar-refractivity contribution in [1.29, 1.82) is 0 Å². The first-order valence-electron chi connectivity index (χ1n) is 8.00. The molecule has 5 heteroatoms. The Morgan fingerprint density at radius 3 is 2.44 bits per heavy atom. The van der Waals surface area contributed by atoms with Crippen LogP contribution < -0.4 is 0 Å². The molecule has 3 rings (SSSR count). The van der Waals surface area contributed by atoms with Gasteiger partial charge in [0, 0.05) is 24.1 Å². The molecule has 0 saturated carbocycles. The first-order chi connectivity index (χ1) is 12.1. The number of thioether (sulfide) groups is 1. The highest BCUT2D eigenvalue weighted by molar-refractivity contribution is 7.98. The Morgan fingerprint density at radius 1 is 1.12 bits per heavy atom. The number of carbonyl (C=O) groups is 1. The Balaban J connectivity index is 1.84.